The van der Waals surface area contributed by atoms with E-state index in [2.05, 4.69) is 10.4 Å². The molecule has 0 saturated carbocycles. The van der Waals surface area contributed by atoms with Gasteiger partial charge in [0.15, 0.2) is 0 Å². The summed E-state index contributed by atoms with van der Waals surface area (Å²) >= 11 is 0. The minimum atomic E-state index is -3.51. The van der Waals surface area contributed by atoms with Crippen LogP contribution in [0.2, 0.25) is 0 Å². The van der Waals surface area contributed by atoms with Crippen molar-refractivity contribution in [2.24, 2.45) is 5.92 Å². The van der Waals surface area contributed by atoms with Gasteiger partial charge in [0.1, 0.15) is 0 Å². The fourth-order valence-corrected chi connectivity index (χ4v) is 5.40. The molecule has 2 aromatic carbocycles. The molecule has 0 unspecified atom stereocenters. The summed E-state index contributed by atoms with van der Waals surface area (Å²) in [4.78, 5) is 12.9. The van der Waals surface area contributed by atoms with Crippen molar-refractivity contribution in [3.8, 4) is 5.69 Å². The first-order valence-corrected chi connectivity index (χ1v) is 12.3. The van der Waals surface area contributed by atoms with Crippen LogP contribution in [-0.4, -0.2) is 48.0 Å². The van der Waals surface area contributed by atoms with E-state index in [1.54, 1.807) is 35.1 Å². The maximum absolute atomic E-state index is 12.8. The first kappa shape index (κ1) is 22.2. The van der Waals surface area contributed by atoms with Crippen molar-refractivity contribution in [2.75, 3.05) is 19.6 Å². The second-order valence-corrected chi connectivity index (χ2v) is 10.1. The molecular weight excluding hydrogens is 424 g/mol. The standard InChI is InChI=1S/C24H28N4O3S/c1-19-3-9-23(10-4-19)32(30,31)27-17-12-21(13-18-27)24(29)25-15-11-20-5-7-22(8-6-20)28-16-2-14-26-28/h2-10,14,16,21H,11-13,15,17-18H2,1H3,(H,25,29). The van der Waals surface area contributed by atoms with Gasteiger partial charge in [-0.1, -0.05) is 29.8 Å². The monoisotopic (exact) mass is 452 g/mol. The zero-order chi connectivity index (χ0) is 22.6. The number of rotatable bonds is 7. The van der Waals surface area contributed by atoms with Gasteiger partial charge in [-0.15, -0.1) is 0 Å². The fourth-order valence-electron chi connectivity index (χ4n) is 3.93. The number of aryl methyl sites for hydroxylation is 1. The van der Waals surface area contributed by atoms with Crippen molar-refractivity contribution in [1.82, 2.24) is 19.4 Å². The van der Waals surface area contributed by atoms with Crippen LogP contribution in [0.3, 0.4) is 0 Å². The van der Waals surface area contributed by atoms with E-state index in [-0.39, 0.29) is 11.8 Å². The molecule has 1 aliphatic rings. The molecule has 0 bridgehead atoms. The average molecular weight is 453 g/mol. The molecule has 4 rings (SSSR count). The molecule has 8 heteroatoms. The number of nitrogens with zero attached hydrogens (tertiary/aromatic N) is 3. The Balaban J connectivity index is 1.24. The number of sulfonamides is 1. The van der Waals surface area contributed by atoms with E-state index in [9.17, 15) is 13.2 Å². The van der Waals surface area contributed by atoms with Crippen LogP contribution < -0.4 is 5.32 Å². The molecule has 1 N–H and O–H groups in total. The molecule has 0 atom stereocenters. The van der Waals surface area contributed by atoms with Gasteiger partial charge in [0.2, 0.25) is 15.9 Å². The van der Waals surface area contributed by atoms with E-state index in [1.807, 2.05) is 43.5 Å². The predicted molar refractivity (Wildman–Crippen MR) is 123 cm³/mol. The molecule has 1 fully saturated rings. The molecule has 1 amide bonds. The third-order valence-electron chi connectivity index (χ3n) is 5.90. The number of aromatic nitrogens is 2. The van der Waals surface area contributed by atoms with E-state index in [4.69, 9.17) is 0 Å². The number of carbonyl (C=O) groups is 1. The summed E-state index contributed by atoms with van der Waals surface area (Å²) in [5, 5.41) is 7.22. The van der Waals surface area contributed by atoms with Crippen molar-refractivity contribution in [2.45, 2.75) is 31.1 Å². The van der Waals surface area contributed by atoms with Crippen molar-refractivity contribution in [1.29, 1.82) is 0 Å². The number of benzene rings is 2. The van der Waals surface area contributed by atoms with Crippen LogP contribution in [0, 0.1) is 12.8 Å². The third kappa shape index (κ3) is 5.08. The quantitative estimate of drug-likeness (QED) is 0.597. The smallest absolute Gasteiger partial charge is 0.243 e. The van der Waals surface area contributed by atoms with Gasteiger partial charge in [-0.3, -0.25) is 4.79 Å². The lowest BCUT2D eigenvalue weighted by Crippen LogP contribution is -2.43. The molecule has 0 radical (unpaired) electrons. The third-order valence-corrected chi connectivity index (χ3v) is 7.81. The highest BCUT2D eigenvalue weighted by Crippen LogP contribution is 2.24. The predicted octanol–water partition coefficient (Wildman–Crippen LogP) is 2.94. The number of amides is 1. The molecule has 0 spiro atoms. The van der Waals surface area contributed by atoms with E-state index >= 15 is 0 Å². The molecule has 7 nitrogen and oxygen atoms in total. The highest BCUT2D eigenvalue weighted by atomic mass is 32.2. The van der Waals surface area contributed by atoms with E-state index in [1.165, 1.54) is 4.31 Å². The van der Waals surface area contributed by atoms with Crippen LogP contribution >= 0.6 is 0 Å². The summed E-state index contributed by atoms with van der Waals surface area (Å²) in [5.74, 6) is -0.146. The normalized spacial score (nSPS) is 15.5. The molecule has 1 saturated heterocycles. The van der Waals surface area contributed by atoms with Crippen LogP contribution in [-0.2, 0) is 21.2 Å². The Morgan fingerprint density at radius 1 is 1.06 bits per heavy atom. The first-order valence-electron chi connectivity index (χ1n) is 10.9. The second-order valence-electron chi connectivity index (χ2n) is 8.15. The summed E-state index contributed by atoms with van der Waals surface area (Å²) in [7, 11) is -3.51. The van der Waals surface area contributed by atoms with E-state index in [0.29, 0.717) is 37.4 Å². The second kappa shape index (κ2) is 9.67. The Bertz CT molecular complexity index is 1130. The van der Waals surface area contributed by atoms with E-state index < -0.39 is 10.0 Å². The van der Waals surface area contributed by atoms with Crippen molar-refractivity contribution in [3.05, 3.63) is 78.1 Å². The van der Waals surface area contributed by atoms with E-state index in [0.717, 1.165) is 23.2 Å². The Kier molecular flexibility index (Phi) is 6.72. The highest BCUT2D eigenvalue weighted by molar-refractivity contribution is 7.89. The van der Waals surface area contributed by atoms with Crippen LogP contribution in [0.5, 0.6) is 0 Å². The molecule has 1 aromatic heterocycles. The average Bonchev–Trinajstić information content (AvgIpc) is 3.35. The zero-order valence-electron chi connectivity index (χ0n) is 18.1. The summed E-state index contributed by atoms with van der Waals surface area (Å²) < 4.78 is 28.9. The highest BCUT2D eigenvalue weighted by Gasteiger charge is 2.31. The van der Waals surface area contributed by atoms with Gasteiger partial charge in [-0.2, -0.15) is 9.40 Å². The summed E-state index contributed by atoms with van der Waals surface area (Å²) in [6.45, 7) is 3.21. The topological polar surface area (TPSA) is 84.3 Å². The van der Waals surface area contributed by atoms with Gasteiger partial charge >= 0.3 is 0 Å². The van der Waals surface area contributed by atoms with Gasteiger partial charge in [0.25, 0.3) is 0 Å². The maximum atomic E-state index is 12.8. The van der Waals surface area contributed by atoms with Crippen molar-refractivity contribution >= 4 is 15.9 Å². The van der Waals surface area contributed by atoms with Crippen LogP contribution in [0.15, 0.2) is 71.9 Å². The number of hydrogen-bond donors (Lipinski definition) is 1. The van der Waals surface area contributed by atoms with Gasteiger partial charge in [-0.05, 0) is 62.1 Å². The molecule has 2 heterocycles. The Morgan fingerprint density at radius 3 is 2.38 bits per heavy atom. The molecule has 168 valence electrons. The van der Waals surface area contributed by atoms with Crippen molar-refractivity contribution in [3.63, 3.8) is 0 Å². The van der Waals surface area contributed by atoms with Gasteiger partial charge in [0, 0.05) is 37.9 Å². The zero-order valence-corrected chi connectivity index (χ0v) is 19.0. The molecule has 32 heavy (non-hydrogen) atoms. The van der Waals surface area contributed by atoms with Crippen LogP contribution in [0.4, 0.5) is 0 Å². The van der Waals surface area contributed by atoms with Crippen LogP contribution in [0.25, 0.3) is 5.69 Å². The number of hydrogen-bond acceptors (Lipinski definition) is 4. The Hall–Kier alpha value is -2.97. The van der Waals surface area contributed by atoms with Crippen LogP contribution in [0.1, 0.15) is 24.0 Å². The van der Waals surface area contributed by atoms with Gasteiger partial charge < -0.3 is 5.32 Å². The summed E-state index contributed by atoms with van der Waals surface area (Å²) in [6, 6.07) is 16.9. The summed E-state index contributed by atoms with van der Waals surface area (Å²) in [6.07, 6.45) is 5.45. The Labute approximate surface area is 189 Å². The number of carbonyl (C=O) groups excluding carboxylic acids is 1. The molecule has 0 aliphatic carbocycles. The molecule has 3 aromatic rings. The summed E-state index contributed by atoms with van der Waals surface area (Å²) in [5.41, 5.74) is 3.16. The van der Waals surface area contributed by atoms with Gasteiger partial charge in [0.05, 0.1) is 10.6 Å². The SMILES string of the molecule is Cc1ccc(S(=O)(=O)N2CCC(C(=O)NCCc3ccc(-n4cccn4)cc3)CC2)cc1. The fraction of sp³-hybridized carbons (Fsp3) is 0.333. The Morgan fingerprint density at radius 2 is 1.75 bits per heavy atom. The lowest BCUT2D eigenvalue weighted by Gasteiger charge is -2.30. The van der Waals surface area contributed by atoms with Crippen molar-refractivity contribution < 1.29 is 13.2 Å². The lowest BCUT2D eigenvalue weighted by atomic mass is 9.97. The number of nitrogens with one attached hydrogen (secondary N) is 1. The molecule has 1 aliphatic heterocycles. The molecular formula is C24H28N4O3S. The lowest BCUT2D eigenvalue weighted by molar-refractivity contribution is -0.126. The minimum Gasteiger partial charge on any atom is -0.356 e. The van der Waals surface area contributed by atoms with Gasteiger partial charge in [-0.25, -0.2) is 13.1 Å². The minimum absolute atomic E-state index is 0.00513. The number of piperidine rings is 1. The maximum Gasteiger partial charge on any atom is 0.243 e. The largest absolute Gasteiger partial charge is 0.356 e. The first-order chi connectivity index (χ1) is 15.4.